The van der Waals surface area contributed by atoms with Crippen LogP contribution in [0.4, 0.5) is 13.2 Å². The molecule has 0 unspecified atom stereocenters. The van der Waals surface area contributed by atoms with Crippen LogP contribution in [-0.2, 0) is 36.9 Å². The Kier molecular flexibility index (Phi) is 14.5. The zero-order chi connectivity index (χ0) is 37.7. The molecule has 1 fully saturated rings. The highest BCUT2D eigenvalue weighted by Crippen LogP contribution is 2.34. The number of esters is 1. The maximum Gasteiger partial charge on any atom is 0.490 e. The van der Waals surface area contributed by atoms with E-state index in [4.69, 9.17) is 33.6 Å². The van der Waals surface area contributed by atoms with Gasteiger partial charge in [0.15, 0.2) is 0 Å². The van der Waals surface area contributed by atoms with Crippen LogP contribution in [0.5, 0.6) is 17.2 Å². The van der Waals surface area contributed by atoms with Crippen LogP contribution in [0.25, 0.3) is 5.57 Å². The molecule has 1 amide bonds. The minimum Gasteiger partial charge on any atom is -0.496 e. The zero-order valence-electron chi connectivity index (χ0n) is 29.2. The Morgan fingerprint density at radius 2 is 1.48 bits per heavy atom. The molecule has 11 nitrogen and oxygen atoms in total. The van der Waals surface area contributed by atoms with Gasteiger partial charge in [0.25, 0.3) is 0 Å². The number of fused-ring (bicyclic) bond motifs is 2. The average molecular weight is 729 g/mol. The van der Waals surface area contributed by atoms with Crippen LogP contribution in [-0.4, -0.2) is 93.2 Å². The van der Waals surface area contributed by atoms with Gasteiger partial charge in [-0.05, 0) is 47.4 Å². The summed E-state index contributed by atoms with van der Waals surface area (Å²) in [5.41, 5.74) is 5.00. The minimum absolute atomic E-state index is 0.0501. The van der Waals surface area contributed by atoms with Gasteiger partial charge in [-0.15, -0.1) is 0 Å². The van der Waals surface area contributed by atoms with Gasteiger partial charge in [-0.1, -0.05) is 48.5 Å². The van der Waals surface area contributed by atoms with Crippen LogP contribution in [0.1, 0.15) is 36.5 Å². The Morgan fingerprint density at radius 3 is 2.10 bits per heavy atom. The quantitative estimate of drug-likeness (QED) is 0.163. The van der Waals surface area contributed by atoms with Crippen LogP contribution in [0, 0.1) is 0 Å². The van der Waals surface area contributed by atoms with E-state index in [1.165, 1.54) is 0 Å². The number of carbonyl (C=O) groups is 3. The fourth-order valence-corrected chi connectivity index (χ4v) is 5.94. The van der Waals surface area contributed by atoms with Crippen molar-refractivity contribution in [3.8, 4) is 17.2 Å². The molecule has 2 heterocycles. The summed E-state index contributed by atoms with van der Waals surface area (Å²) in [4.78, 5) is 35.9. The number of methoxy groups -OCH3 is 2. The number of carboxylic acid groups (broad SMARTS) is 1. The number of benzene rings is 3. The number of piperazine rings is 1. The molecule has 3 aromatic rings. The van der Waals surface area contributed by atoms with E-state index in [1.807, 2.05) is 65.6 Å². The molecule has 2 bridgehead atoms. The summed E-state index contributed by atoms with van der Waals surface area (Å²) in [5, 5.41) is 10.8. The number of alkyl halides is 3. The maximum atomic E-state index is 12.9. The highest BCUT2D eigenvalue weighted by molar-refractivity contribution is 5.77. The van der Waals surface area contributed by atoms with E-state index in [0.717, 1.165) is 52.2 Å². The van der Waals surface area contributed by atoms with Gasteiger partial charge >= 0.3 is 18.1 Å². The molecule has 14 heteroatoms. The Hall–Kier alpha value is -5.08. The standard InChI is InChI=1S/C36H42N2O7.C2HF3O2/c1-25(39)38-21-29-20-31(32(33(22-38)37-29)24-45-36(40)19-27-9-4-6-11-34(27)41-2)26-13-15-30(16-14-26)44-18-8-17-43-23-28-10-5-7-12-35(28)42-3;3-2(4,5)1(6)7/h4-7,9-16,29,33,37H,8,17-24H2,1-3H3;(H,6,7)/t29-,33-;/m1./s1. The molecular weight excluding hydrogens is 685 g/mol. The first-order valence-corrected chi connectivity index (χ1v) is 16.6. The highest BCUT2D eigenvalue weighted by Gasteiger charge is 2.38. The smallest absolute Gasteiger partial charge is 0.490 e. The second-order valence-electron chi connectivity index (χ2n) is 12.1. The van der Waals surface area contributed by atoms with E-state index < -0.39 is 12.1 Å². The van der Waals surface area contributed by atoms with Crippen LogP contribution in [0.15, 0.2) is 78.4 Å². The lowest BCUT2D eigenvalue weighted by atomic mass is 9.84. The van der Waals surface area contributed by atoms with Crippen molar-refractivity contribution in [2.45, 2.75) is 51.1 Å². The van der Waals surface area contributed by atoms with Gasteiger partial charge in [-0.2, -0.15) is 13.2 Å². The van der Waals surface area contributed by atoms with Gasteiger partial charge in [0.2, 0.25) is 5.91 Å². The van der Waals surface area contributed by atoms with Crippen molar-refractivity contribution < 1.29 is 56.3 Å². The van der Waals surface area contributed by atoms with Crippen molar-refractivity contribution in [3.63, 3.8) is 0 Å². The number of carbonyl (C=O) groups excluding carboxylic acids is 2. The average Bonchev–Trinajstić information content (AvgIpc) is 3.12. The number of amides is 1. The van der Waals surface area contributed by atoms with E-state index >= 15 is 0 Å². The minimum atomic E-state index is -5.08. The van der Waals surface area contributed by atoms with Crippen molar-refractivity contribution >= 4 is 23.4 Å². The second kappa shape index (κ2) is 19.0. The van der Waals surface area contributed by atoms with Crippen LogP contribution >= 0.6 is 0 Å². The number of nitrogens with one attached hydrogen (secondary N) is 1. The number of carboxylic acids is 1. The molecular formula is C38H43F3N2O9. The Bertz CT molecular complexity index is 1700. The van der Waals surface area contributed by atoms with E-state index in [9.17, 15) is 22.8 Å². The van der Waals surface area contributed by atoms with Gasteiger partial charge in [0.1, 0.15) is 23.9 Å². The van der Waals surface area contributed by atoms with E-state index in [1.54, 1.807) is 21.1 Å². The molecule has 2 N–H and O–H groups in total. The summed E-state index contributed by atoms with van der Waals surface area (Å²) in [6, 6.07) is 23.4. The first kappa shape index (κ1) is 39.7. The molecule has 0 spiro atoms. The number of ether oxygens (including phenoxy) is 5. The lowest BCUT2D eigenvalue weighted by molar-refractivity contribution is -0.192. The zero-order valence-corrected chi connectivity index (χ0v) is 29.2. The number of para-hydroxylation sites is 2. The molecule has 0 saturated carbocycles. The first-order chi connectivity index (χ1) is 24.9. The predicted octanol–water partition coefficient (Wildman–Crippen LogP) is 5.45. The van der Waals surface area contributed by atoms with E-state index in [0.29, 0.717) is 38.7 Å². The van der Waals surface area contributed by atoms with E-state index in [2.05, 4.69) is 17.4 Å². The fraction of sp³-hybridized carbons (Fsp3) is 0.395. The Balaban J connectivity index is 0.000000785. The molecule has 280 valence electrons. The Labute approximate surface area is 300 Å². The Morgan fingerprint density at radius 1 is 0.865 bits per heavy atom. The third-order valence-corrected chi connectivity index (χ3v) is 8.50. The molecule has 3 aromatic carbocycles. The van der Waals surface area contributed by atoms with Crippen LogP contribution in [0.3, 0.4) is 0 Å². The van der Waals surface area contributed by atoms with Crippen molar-refractivity contribution in [1.29, 1.82) is 0 Å². The number of halogens is 3. The molecule has 1 saturated heterocycles. The summed E-state index contributed by atoms with van der Waals surface area (Å²) in [7, 11) is 3.25. The van der Waals surface area contributed by atoms with Crippen LogP contribution in [0.2, 0.25) is 0 Å². The molecule has 2 aliphatic rings. The van der Waals surface area contributed by atoms with Crippen molar-refractivity contribution in [2.24, 2.45) is 0 Å². The molecule has 52 heavy (non-hydrogen) atoms. The lowest BCUT2D eigenvalue weighted by Gasteiger charge is -2.44. The summed E-state index contributed by atoms with van der Waals surface area (Å²) in [5.74, 6) is -0.772. The fourth-order valence-electron chi connectivity index (χ4n) is 5.94. The monoisotopic (exact) mass is 728 g/mol. The topological polar surface area (TPSA) is 133 Å². The molecule has 2 aliphatic heterocycles. The highest BCUT2D eigenvalue weighted by atomic mass is 19.4. The lowest BCUT2D eigenvalue weighted by Crippen LogP contribution is -2.60. The third-order valence-electron chi connectivity index (χ3n) is 8.50. The summed E-state index contributed by atoms with van der Waals surface area (Å²) < 4.78 is 60.1. The molecule has 0 aromatic heterocycles. The normalized spacial score (nSPS) is 16.7. The largest absolute Gasteiger partial charge is 0.496 e. The number of aliphatic carboxylic acids is 1. The predicted molar refractivity (Wildman–Crippen MR) is 185 cm³/mol. The van der Waals surface area contributed by atoms with Gasteiger partial charge in [-0.3, -0.25) is 9.59 Å². The van der Waals surface area contributed by atoms with Crippen molar-refractivity contribution in [1.82, 2.24) is 10.2 Å². The van der Waals surface area contributed by atoms with Gasteiger partial charge in [0, 0.05) is 43.6 Å². The van der Waals surface area contributed by atoms with E-state index in [-0.39, 0.29) is 37.0 Å². The second-order valence-corrected chi connectivity index (χ2v) is 12.1. The van der Waals surface area contributed by atoms with Gasteiger partial charge in [-0.25, -0.2) is 4.79 Å². The van der Waals surface area contributed by atoms with Gasteiger partial charge in [0.05, 0.1) is 46.5 Å². The van der Waals surface area contributed by atoms with Crippen molar-refractivity contribution in [3.05, 3.63) is 95.1 Å². The molecule has 2 atom stereocenters. The first-order valence-electron chi connectivity index (χ1n) is 16.6. The summed E-state index contributed by atoms with van der Waals surface area (Å²) >= 11 is 0. The van der Waals surface area contributed by atoms with Crippen molar-refractivity contribution in [2.75, 3.05) is 47.1 Å². The third kappa shape index (κ3) is 11.5. The molecule has 5 rings (SSSR count). The summed E-state index contributed by atoms with van der Waals surface area (Å²) in [6.45, 7) is 4.54. The molecule has 0 radical (unpaired) electrons. The number of hydrogen-bond acceptors (Lipinski definition) is 9. The van der Waals surface area contributed by atoms with Gasteiger partial charge < -0.3 is 39.0 Å². The molecule has 0 aliphatic carbocycles. The number of rotatable bonds is 14. The summed E-state index contributed by atoms with van der Waals surface area (Å²) in [6.07, 6.45) is -3.48. The maximum absolute atomic E-state index is 12.9. The van der Waals surface area contributed by atoms with Crippen LogP contribution < -0.4 is 19.5 Å². The SMILES string of the molecule is COc1ccccc1COCCCOc1ccc(C2=C(COC(=O)Cc3ccccc3OC)[C@H]3CN(C(C)=O)C[C@@H](C2)N3)cc1.O=C(O)C(F)(F)F. The number of nitrogens with zero attached hydrogens (tertiary/aromatic N) is 1. The number of hydrogen-bond donors (Lipinski definition) is 2.